The lowest BCUT2D eigenvalue weighted by atomic mass is 9.95. The van der Waals surface area contributed by atoms with Crippen molar-refractivity contribution in [3.05, 3.63) is 41.4 Å². The Hall–Kier alpha value is -2.32. The van der Waals surface area contributed by atoms with E-state index in [-0.39, 0.29) is 10.3 Å². The monoisotopic (exact) mass is 375 g/mol. The number of hydrogen-bond acceptors (Lipinski definition) is 5. The van der Waals surface area contributed by atoms with E-state index < -0.39 is 10.0 Å². The molecule has 0 radical (unpaired) electrons. The predicted octanol–water partition coefficient (Wildman–Crippen LogP) is 2.79. The SMILES string of the molecule is COc1ccc2[nH]cc(C3(CNS(=O)(=O)c4c(C)noc4C)CC3)c2c1. The molecular weight excluding hydrogens is 354 g/mol. The minimum atomic E-state index is -3.67. The largest absolute Gasteiger partial charge is 0.497 e. The molecule has 0 aliphatic heterocycles. The van der Waals surface area contributed by atoms with Crippen LogP contribution >= 0.6 is 0 Å². The lowest BCUT2D eigenvalue weighted by molar-refractivity contribution is 0.390. The zero-order chi connectivity index (χ0) is 18.5. The summed E-state index contributed by atoms with van der Waals surface area (Å²) >= 11 is 0. The molecule has 3 aromatic rings. The average molecular weight is 375 g/mol. The van der Waals surface area contributed by atoms with Crippen molar-refractivity contribution in [3.8, 4) is 5.75 Å². The summed E-state index contributed by atoms with van der Waals surface area (Å²) in [5, 5.41) is 4.81. The predicted molar refractivity (Wildman–Crippen MR) is 96.9 cm³/mol. The fourth-order valence-electron chi connectivity index (χ4n) is 3.52. The Bertz CT molecular complexity index is 1060. The third-order valence-electron chi connectivity index (χ3n) is 5.15. The minimum Gasteiger partial charge on any atom is -0.497 e. The van der Waals surface area contributed by atoms with Crippen LogP contribution in [0.5, 0.6) is 5.75 Å². The molecule has 0 unspecified atom stereocenters. The van der Waals surface area contributed by atoms with Gasteiger partial charge in [-0.25, -0.2) is 13.1 Å². The van der Waals surface area contributed by atoms with Crippen molar-refractivity contribution < 1.29 is 17.7 Å². The van der Waals surface area contributed by atoms with Crippen LogP contribution in [0.25, 0.3) is 10.9 Å². The van der Waals surface area contributed by atoms with Crippen molar-refractivity contribution >= 4 is 20.9 Å². The number of aromatic nitrogens is 2. The first-order valence-corrected chi connectivity index (χ1v) is 9.93. The van der Waals surface area contributed by atoms with Crippen molar-refractivity contribution in [1.82, 2.24) is 14.9 Å². The summed E-state index contributed by atoms with van der Waals surface area (Å²) < 4.78 is 38.5. The maximum absolute atomic E-state index is 12.7. The number of ether oxygens (including phenoxy) is 1. The summed E-state index contributed by atoms with van der Waals surface area (Å²) in [6.45, 7) is 3.57. The van der Waals surface area contributed by atoms with Crippen LogP contribution in [-0.4, -0.2) is 32.2 Å². The van der Waals surface area contributed by atoms with Gasteiger partial charge in [-0.3, -0.25) is 0 Å². The molecule has 26 heavy (non-hydrogen) atoms. The van der Waals surface area contributed by atoms with Crippen molar-refractivity contribution in [2.24, 2.45) is 0 Å². The highest BCUT2D eigenvalue weighted by Crippen LogP contribution is 2.50. The smallest absolute Gasteiger partial charge is 0.245 e. The minimum absolute atomic E-state index is 0.133. The lowest BCUT2D eigenvalue weighted by Crippen LogP contribution is -2.32. The molecule has 2 N–H and O–H groups in total. The molecule has 1 saturated carbocycles. The molecule has 1 aliphatic carbocycles. The van der Waals surface area contributed by atoms with E-state index in [0.29, 0.717) is 18.0 Å². The summed E-state index contributed by atoms with van der Waals surface area (Å²) in [5.74, 6) is 1.09. The molecule has 7 nitrogen and oxygen atoms in total. The van der Waals surface area contributed by atoms with Crippen LogP contribution in [0.1, 0.15) is 29.9 Å². The Kier molecular flexibility index (Phi) is 3.85. The Morgan fingerprint density at radius 1 is 1.35 bits per heavy atom. The van der Waals surface area contributed by atoms with E-state index in [0.717, 1.165) is 35.1 Å². The number of benzene rings is 1. The van der Waals surface area contributed by atoms with Gasteiger partial charge in [0, 0.05) is 29.1 Å². The zero-order valence-electron chi connectivity index (χ0n) is 14.9. The number of sulfonamides is 1. The van der Waals surface area contributed by atoms with Gasteiger partial charge in [0.05, 0.1) is 7.11 Å². The molecule has 138 valence electrons. The van der Waals surface area contributed by atoms with Crippen molar-refractivity contribution in [2.45, 2.75) is 37.0 Å². The van der Waals surface area contributed by atoms with Crippen LogP contribution in [0.3, 0.4) is 0 Å². The first-order chi connectivity index (χ1) is 12.4. The Labute approximate surface area is 151 Å². The molecule has 0 atom stereocenters. The van der Waals surface area contributed by atoms with E-state index in [4.69, 9.17) is 9.26 Å². The van der Waals surface area contributed by atoms with Crippen molar-refractivity contribution in [2.75, 3.05) is 13.7 Å². The standard InChI is InChI=1S/C18H21N3O4S/c1-11-17(12(2)25-21-11)26(22,23)20-10-18(6-7-18)15-9-19-16-5-4-13(24-3)8-14(15)16/h4-5,8-9,19-20H,6-7,10H2,1-3H3. The molecule has 0 amide bonds. The van der Waals surface area contributed by atoms with Gasteiger partial charge in [-0.1, -0.05) is 5.16 Å². The van der Waals surface area contributed by atoms with Crippen molar-refractivity contribution in [3.63, 3.8) is 0 Å². The van der Waals surface area contributed by atoms with Crippen LogP contribution in [0.4, 0.5) is 0 Å². The highest BCUT2D eigenvalue weighted by atomic mass is 32.2. The number of aryl methyl sites for hydroxylation is 2. The van der Waals surface area contributed by atoms with Gasteiger partial charge in [-0.15, -0.1) is 0 Å². The summed E-state index contributed by atoms with van der Waals surface area (Å²) in [6.07, 6.45) is 3.84. The zero-order valence-corrected chi connectivity index (χ0v) is 15.7. The second-order valence-corrected chi connectivity index (χ2v) is 8.58. The second kappa shape index (κ2) is 5.85. The molecule has 1 aromatic carbocycles. The third-order valence-corrected chi connectivity index (χ3v) is 6.80. The molecule has 1 aliphatic rings. The number of methoxy groups -OCH3 is 1. The van der Waals surface area contributed by atoms with Crippen LogP contribution < -0.4 is 9.46 Å². The number of aromatic amines is 1. The topological polar surface area (TPSA) is 97.2 Å². The summed E-state index contributed by atoms with van der Waals surface area (Å²) in [7, 11) is -2.03. The first kappa shape index (κ1) is 17.1. The highest BCUT2D eigenvalue weighted by molar-refractivity contribution is 7.89. The second-order valence-electron chi connectivity index (χ2n) is 6.87. The number of nitrogens with zero attached hydrogens (tertiary/aromatic N) is 1. The van der Waals surface area contributed by atoms with Gasteiger partial charge in [0.1, 0.15) is 16.3 Å². The maximum atomic E-state index is 12.7. The van der Waals surface area contributed by atoms with E-state index >= 15 is 0 Å². The van der Waals surface area contributed by atoms with Gasteiger partial charge in [0.2, 0.25) is 10.0 Å². The van der Waals surface area contributed by atoms with E-state index in [9.17, 15) is 8.42 Å². The van der Waals surface area contributed by atoms with Crippen LogP contribution in [0.15, 0.2) is 33.8 Å². The van der Waals surface area contributed by atoms with Crippen LogP contribution in [0.2, 0.25) is 0 Å². The van der Waals surface area contributed by atoms with Gasteiger partial charge < -0.3 is 14.2 Å². The van der Waals surface area contributed by atoms with Gasteiger partial charge in [-0.05, 0) is 50.5 Å². The molecule has 2 heterocycles. The van der Waals surface area contributed by atoms with E-state index in [1.807, 2.05) is 24.4 Å². The molecule has 0 saturated heterocycles. The van der Waals surface area contributed by atoms with Crippen LogP contribution in [0, 0.1) is 13.8 Å². The Morgan fingerprint density at radius 2 is 2.12 bits per heavy atom. The molecule has 0 spiro atoms. The molecule has 0 bridgehead atoms. The van der Waals surface area contributed by atoms with E-state index in [1.165, 1.54) is 0 Å². The first-order valence-electron chi connectivity index (χ1n) is 8.44. The molecule has 1 fully saturated rings. The summed E-state index contributed by atoms with van der Waals surface area (Å²) in [6, 6.07) is 5.87. The number of H-pyrrole nitrogens is 1. The fourth-order valence-corrected chi connectivity index (χ4v) is 4.97. The quantitative estimate of drug-likeness (QED) is 0.690. The molecular formula is C18H21N3O4S. The highest BCUT2D eigenvalue weighted by Gasteiger charge is 2.46. The van der Waals surface area contributed by atoms with Gasteiger partial charge >= 0.3 is 0 Å². The lowest BCUT2D eigenvalue weighted by Gasteiger charge is -2.16. The normalized spacial score (nSPS) is 16.1. The summed E-state index contributed by atoms with van der Waals surface area (Å²) in [4.78, 5) is 3.40. The Balaban J connectivity index is 1.63. The van der Waals surface area contributed by atoms with Crippen molar-refractivity contribution in [1.29, 1.82) is 0 Å². The van der Waals surface area contributed by atoms with Gasteiger partial charge in [0.25, 0.3) is 0 Å². The van der Waals surface area contributed by atoms with Gasteiger partial charge in [-0.2, -0.15) is 0 Å². The average Bonchev–Trinajstić information content (AvgIpc) is 3.15. The number of nitrogens with one attached hydrogen (secondary N) is 2. The Morgan fingerprint density at radius 3 is 2.73 bits per heavy atom. The number of hydrogen-bond donors (Lipinski definition) is 2. The van der Waals surface area contributed by atoms with E-state index in [1.54, 1.807) is 21.0 Å². The fraction of sp³-hybridized carbons (Fsp3) is 0.389. The maximum Gasteiger partial charge on any atom is 0.245 e. The number of rotatable bonds is 6. The molecule has 4 rings (SSSR count). The summed E-state index contributed by atoms with van der Waals surface area (Å²) in [5.41, 5.74) is 2.31. The van der Waals surface area contributed by atoms with Crippen LogP contribution in [-0.2, 0) is 15.4 Å². The van der Waals surface area contributed by atoms with E-state index in [2.05, 4.69) is 14.9 Å². The molecule has 8 heteroatoms. The molecule has 2 aromatic heterocycles. The number of fused-ring (bicyclic) bond motifs is 1. The van der Waals surface area contributed by atoms with Gasteiger partial charge in [0.15, 0.2) is 5.76 Å². The third kappa shape index (κ3) is 2.69.